The summed E-state index contributed by atoms with van der Waals surface area (Å²) in [5, 5.41) is 7.36. The maximum atomic E-state index is 6.67. The van der Waals surface area contributed by atoms with Gasteiger partial charge in [-0.15, -0.1) is 0 Å². The fourth-order valence-corrected chi connectivity index (χ4v) is 6.75. The maximum absolute atomic E-state index is 6.67. The van der Waals surface area contributed by atoms with Crippen molar-refractivity contribution in [3.63, 3.8) is 0 Å². The van der Waals surface area contributed by atoms with Gasteiger partial charge in [0.05, 0.1) is 11.1 Å². The second kappa shape index (κ2) is 5.94. The Bertz CT molecular complexity index is 1670. The largest absolute Gasteiger partial charge is 0.456 e. The monoisotopic (exact) mass is 429 g/mol. The molecule has 7 rings (SSSR count). The van der Waals surface area contributed by atoms with Crippen LogP contribution in [-0.4, -0.2) is 4.98 Å². The average molecular weight is 430 g/mol. The summed E-state index contributed by atoms with van der Waals surface area (Å²) in [5.74, 6) is 1.85. The molecule has 5 aromatic rings. The lowest BCUT2D eigenvalue weighted by Gasteiger charge is -2.25. The number of hydrogen-bond acceptors (Lipinski definition) is 2. The van der Waals surface area contributed by atoms with Crippen LogP contribution in [0.15, 0.2) is 60.8 Å². The Balaban J connectivity index is 1.60. The summed E-state index contributed by atoms with van der Waals surface area (Å²) in [7, 11) is 0. The summed E-state index contributed by atoms with van der Waals surface area (Å²) in [6.45, 7) is 11.7. The van der Waals surface area contributed by atoms with Gasteiger partial charge in [-0.25, -0.2) is 0 Å². The van der Waals surface area contributed by atoms with E-state index in [2.05, 4.69) is 89.2 Å². The summed E-state index contributed by atoms with van der Waals surface area (Å²) in [4.78, 5) is 4.88. The van der Waals surface area contributed by atoms with Crippen LogP contribution in [0.5, 0.6) is 11.5 Å². The van der Waals surface area contributed by atoms with Crippen LogP contribution in [0.3, 0.4) is 0 Å². The molecule has 4 aromatic carbocycles. The van der Waals surface area contributed by atoms with Gasteiger partial charge in [-0.2, -0.15) is 0 Å². The highest BCUT2D eigenvalue weighted by atomic mass is 16.5. The molecule has 2 heteroatoms. The van der Waals surface area contributed by atoms with Gasteiger partial charge >= 0.3 is 0 Å². The number of rotatable bonds is 0. The molecule has 0 N–H and O–H groups in total. The lowest BCUT2D eigenvalue weighted by molar-refractivity contribution is 0.403. The topological polar surface area (TPSA) is 22.1 Å². The molecule has 33 heavy (non-hydrogen) atoms. The third-order valence-electron chi connectivity index (χ3n) is 8.02. The second-order valence-corrected chi connectivity index (χ2v) is 11.2. The van der Waals surface area contributed by atoms with Crippen molar-refractivity contribution < 1.29 is 4.74 Å². The standard InChI is InChI=1S/C31H27NO/c1-17-20-9-7-6-8-18(20)12-23-28-27-21(10-11-32-28)22-15-25-24(30(2,3)16-31(25,4)5)13-19(22)14-26(27)33-29(17)23/h6-15H,16H2,1-5H3. The lowest BCUT2D eigenvalue weighted by Crippen LogP contribution is -2.17. The Hall–Kier alpha value is -3.39. The van der Waals surface area contributed by atoms with E-state index in [1.165, 1.54) is 43.6 Å². The van der Waals surface area contributed by atoms with Crippen LogP contribution in [0.25, 0.3) is 43.6 Å². The highest BCUT2D eigenvalue weighted by Crippen LogP contribution is 2.54. The van der Waals surface area contributed by atoms with Gasteiger partial charge in [-0.1, -0.05) is 58.0 Å². The molecule has 0 atom stereocenters. The Kier molecular flexibility index (Phi) is 3.44. The van der Waals surface area contributed by atoms with E-state index in [1.807, 2.05) is 6.20 Å². The van der Waals surface area contributed by atoms with Crippen LogP contribution in [0.4, 0.5) is 0 Å². The van der Waals surface area contributed by atoms with Gasteiger partial charge in [0.15, 0.2) is 0 Å². The first-order chi connectivity index (χ1) is 15.7. The van der Waals surface area contributed by atoms with Gasteiger partial charge in [0.2, 0.25) is 0 Å². The summed E-state index contributed by atoms with van der Waals surface area (Å²) >= 11 is 0. The minimum absolute atomic E-state index is 0.171. The molecule has 1 aliphatic carbocycles. The predicted octanol–water partition coefficient (Wildman–Crippen LogP) is 8.58. The highest BCUT2D eigenvalue weighted by molar-refractivity contribution is 6.16. The zero-order valence-electron chi connectivity index (χ0n) is 19.8. The number of pyridine rings is 1. The number of hydrogen-bond donors (Lipinski definition) is 0. The van der Waals surface area contributed by atoms with Crippen molar-refractivity contribution >= 4 is 32.3 Å². The van der Waals surface area contributed by atoms with E-state index in [0.717, 1.165) is 34.6 Å². The molecule has 0 unspecified atom stereocenters. The zero-order chi connectivity index (χ0) is 22.7. The maximum Gasteiger partial charge on any atom is 0.140 e. The predicted molar refractivity (Wildman–Crippen MR) is 138 cm³/mol. The Morgan fingerprint density at radius 1 is 0.788 bits per heavy atom. The number of aromatic nitrogens is 1. The number of ether oxygens (including phenoxy) is 1. The molecule has 1 aromatic heterocycles. The molecule has 162 valence electrons. The van der Waals surface area contributed by atoms with E-state index in [1.54, 1.807) is 0 Å². The first kappa shape index (κ1) is 19.1. The molecule has 1 aliphatic heterocycles. The number of nitrogens with zero attached hydrogens (tertiary/aromatic N) is 1. The Labute approximate surface area is 194 Å². The van der Waals surface area contributed by atoms with Gasteiger partial charge in [0.1, 0.15) is 11.5 Å². The Morgan fingerprint density at radius 2 is 1.55 bits per heavy atom. The fraction of sp³-hybridized carbons (Fsp3) is 0.258. The van der Waals surface area contributed by atoms with E-state index >= 15 is 0 Å². The van der Waals surface area contributed by atoms with Gasteiger partial charge in [0, 0.05) is 17.3 Å². The minimum atomic E-state index is 0.171. The van der Waals surface area contributed by atoms with Crippen molar-refractivity contribution in [2.75, 3.05) is 0 Å². The van der Waals surface area contributed by atoms with Crippen molar-refractivity contribution in [2.24, 2.45) is 0 Å². The molecular weight excluding hydrogens is 402 g/mol. The van der Waals surface area contributed by atoms with Crippen LogP contribution < -0.4 is 4.74 Å². The van der Waals surface area contributed by atoms with Crippen molar-refractivity contribution in [3.05, 3.63) is 77.5 Å². The molecule has 0 amide bonds. The van der Waals surface area contributed by atoms with Crippen molar-refractivity contribution in [3.8, 4) is 22.8 Å². The van der Waals surface area contributed by atoms with Crippen LogP contribution in [0.2, 0.25) is 0 Å². The summed E-state index contributed by atoms with van der Waals surface area (Å²) in [6.07, 6.45) is 3.12. The third kappa shape index (κ3) is 2.41. The lowest BCUT2D eigenvalue weighted by atomic mass is 9.82. The molecule has 2 heterocycles. The van der Waals surface area contributed by atoms with Crippen molar-refractivity contribution in [1.29, 1.82) is 0 Å². The van der Waals surface area contributed by atoms with Crippen molar-refractivity contribution in [2.45, 2.75) is 51.9 Å². The van der Waals surface area contributed by atoms with Crippen LogP contribution in [0.1, 0.15) is 50.8 Å². The smallest absolute Gasteiger partial charge is 0.140 e. The SMILES string of the molecule is Cc1c2c(cc3ccccc13)-c1nccc3c1c(cc1cc4c(cc13)C(C)(C)CC4(C)C)O2. The van der Waals surface area contributed by atoms with E-state index < -0.39 is 0 Å². The molecule has 2 nitrogen and oxygen atoms in total. The molecule has 0 bridgehead atoms. The average Bonchev–Trinajstić information content (AvgIpc) is 2.97. The summed E-state index contributed by atoms with van der Waals surface area (Å²) < 4.78 is 6.67. The molecule has 2 aliphatic rings. The zero-order valence-corrected chi connectivity index (χ0v) is 19.8. The minimum Gasteiger partial charge on any atom is -0.456 e. The first-order valence-corrected chi connectivity index (χ1v) is 11.9. The van der Waals surface area contributed by atoms with E-state index in [4.69, 9.17) is 9.72 Å². The van der Waals surface area contributed by atoms with Gasteiger partial charge in [-0.3, -0.25) is 4.98 Å². The molecule has 0 radical (unpaired) electrons. The van der Waals surface area contributed by atoms with Crippen LogP contribution in [0, 0.1) is 6.92 Å². The van der Waals surface area contributed by atoms with Crippen molar-refractivity contribution in [1.82, 2.24) is 4.98 Å². The highest BCUT2D eigenvalue weighted by Gasteiger charge is 2.42. The second-order valence-electron chi connectivity index (χ2n) is 11.2. The van der Waals surface area contributed by atoms with Gasteiger partial charge in [0.25, 0.3) is 0 Å². The number of fused-ring (bicyclic) bond motifs is 6. The molecule has 0 saturated heterocycles. The number of benzene rings is 4. The first-order valence-electron chi connectivity index (χ1n) is 11.9. The molecule has 0 spiro atoms. The fourth-order valence-electron chi connectivity index (χ4n) is 6.75. The van der Waals surface area contributed by atoms with Gasteiger partial charge < -0.3 is 4.74 Å². The van der Waals surface area contributed by atoms with E-state index in [-0.39, 0.29) is 10.8 Å². The molecule has 0 fully saturated rings. The van der Waals surface area contributed by atoms with Crippen LogP contribution >= 0.6 is 0 Å². The molecule has 0 saturated carbocycles. The summed E-state index contributed by atoms with van der Waals surface area (Å²) in [5.41, 5.74) is 6.58. The van der Waals surface area contributed by atoms with E-state index in [0.29, 0.717) is 0 Å². The van der Waals surface area contributed by atoms with Crippen LogP contribution in [-0.2, 0) is 10.8 Å². The van der Waals surface area contributed by atoms with E-state index in [9.17, 15) is 0 Å². The number of aryl methyl sites for hydroxylation is 1. The quantitative estimate of drug-likeness (QED) is 0.226. The van der Waals surface area contributed by atoms with Gasteiger partial charge in [-0.05, 0) is 86.5 Å². The Morgan fingerprint density at radius 3 is 2.36 bits per heavy atom. The summed E-state index contributed by atoms with van der Waals surface area (Å²) in [6, 6.07) is 20.0. The molecular formula is C31H27NO. The third-order valence-corrected chi connectivity index (χ3v) is 8.02. The normalized spacial score (nSPS) is 17.2.